The minimum Gasteiger partial charge on any atom is -0.271 e. The van der Waals surface area contributed by atoms with E-state index in [2.05, 4.69) is 0 Å². The van der Waals surface area contributed by atoms with Crippen LogP contribution in [0.2, 0.25) is 0 Å². The monoisotopic (exact) mass is 186 g/mol. The van der Waals surface area contributed by atoms with E-state index in [1.807, 2.05) is 0 Å². The van der Waals surface area contributed by atoms with Gasteiger partial charge in [-0.1, -0.05) is 0 Å². The van der Waals surface area contributed by atoms with Gasteiger partial charge in [0.25, 0.3) is 0 Å². The molecule has 0 heterocycles. The molecular weight excluding hydrogens is 176 g/mol. The zero-order valence-corrected chi connectivity index (χ0v) is 6.18. The number of nitrogens with two attached hydrogens (primary N) is 1. The predicted molar refractivity (Wildman–Crippen MR) is 35.3 cm³/mol. The number of hydrogen-bond donors (Lipinski definition) is 2. The van der Waals surface area contributed by atoms with Crippen molar-refractivity contribution >= 4 is 0 Å². The molecule has 1 aliphatic rings. The maximum atomic E-state index is 12.7. The van der Waals surface area contributed by atoms with E-state index < -0.39 is 37.1 Å². The van der Waals surface area contributed by atoms with Crippen LogP contribution in [0.4, 0.5) is 17.6 Å². The lowest BCUT2D eigenvalue weighted by atomic mass is 9.89. The molecule has 1 rings (SSSR count). The fourth-order valence-corrected chi connectivity index (χ4v) is 1.28. The summed E-state index contributed by atoms with van der Waals surface area (Å²) in [6.07, 6.45) is -8.84. The summed E-state index contributed by atoms with van der Waals surface area (Å²) in [7, 11) is 0. The summed E-state index contributed by atoms with van der Waals surface area (Å²) in [4.78, 5) is 0. The fraction of sp³-hybridized carbons (Fsp3) is 1.00. The molecule has 4 unspecified atom stereocenters. The third-order valence-corrected chi connectivity index (χ3v) is 2.02. The standard InChI is InChI=1S/C6H10F4N2/c7-2-1-3(8)5(10)6(12-11)4(2)9/h2-6,12H,1,11H2. The molecule has 0 amide bonds. The molecule has 0 spiro atoms. The summed E-state index contributed by atoms with van der Waals surface area (Å²) >= 11 is 0. The van der Waals surface area contributed by atoms with Gasteiger partial charge >= 0.3 is 0 Å². The molecule has 0 aliphatic heterocycles. The Balaban J connectivity index is 2.67. The second-order valence-corrected chi connectivity index (χ2v) is 2.85. The van der Waals surface area contributed by atoms with Gasteiger partial charge in [0.15, 0.2) is 12.3 Å². The lowest BCUT2D eigenvalue weighted by Crippen LogP contribution is -2.58. The molecule has 0 bridgehead atoms. The van der Waals surface area contributed by atoms with Gasteiger partial charge in [-0.3, -0.25) is 11.3 Å². The van der Waals surface area contributed by atoms with Gasteiger partial charge in [-0.25, -0.2) is 17.6 Å². The normalized spacial score (nSPS) is 49.2. The van der Waals surface area contributed by atoms with E-state index in [0.717, 1.165) is 0 Å². The molecule has 0 aromatic heterocycles. The van der Waals surface area contributed by atoms with E-state index in [4.69, 9.17) is 5.84 Å². The number of nitrogens with one attached hydrogen (secondary N) is 1. The van der Waals surface area contributed by atoms with E-state index in [1.165, 1.54) is 0 Å². The highest BCUT2D eigenvalue weighted by molar-refractivity contribution is 4.96. The van der Waals surface area contributed by atoms with Crippen molar-refractivity contribution in [1.82, 2.24) is 5.43 Å². The van der Waals surface area contributed by atoms with Crippen molar-refractivity contribution in [1.29, 1.82) is 0 Å². The van der Waals surface area contributed by atoms with Gasteiger partial charge in [0, 0.05) is 6.42 Å². The van der Waals surface area contributed by atoms with Crippen LogP contribution < -0.4 is 11.3 Å². The molecule has 0 aromatic carbocycles. The molecule has 72 valence electrons. The molecule has 1 fully saturated rings. The minimum atomic E-state index is -2.07. The summed E-state index contributed by atoms with van der Waals surface area (Å²) < 4.78 is 50.6. The Morgan fingerprint density at radius 2 is 1.42 bits per heavy atom. The Kier molecular flexibility index (Phi) is 2.89. The number of alkyl halides is 4. The maximum Gasteiger partial charge on any atom is 0.151 e. The van der Waals surface area contributed by atoms with Crippen molar-refractivity contribution in [2.45, 2.75) is 37.1 Å². The maximum absolute atomic E-state index is 12.7. The molecule has 4 atom stereocenters. The molecule has 3 N–H and O–H groups in total. The van der Waals surface area contributed by atoms with E-state index in [0.29, 0.717) is 0 Å². The van der Waals surface area contributed by atoms with Gasteiger partial charge in [-0.2, -0.15) is 0 Å². The number of rotatable bonds is 1. The highest BCUT2D eigenvalue weighted by Crippen LogP contribution is 2.28. The topological polar surface area (TPSA) is 38.0 Å². The largest absolute Gasteiger partial charge is 0.271 e. The van der Waals surface area contributed by atoms with E-state index in [-0.39, 0.29) is 0 Å². The molecule has 1 aliphatic carbocycles. The summed E-state index contributed by atoms with van der Waals surface area (Å²) in [5, 5.41) is 0. The minimum absolute atomic E-state index is 0.736. The van der Waals surface area contributed by atoms with Gasteiger partial charge in [0.1, 0.15) is 12.3 Å². The highest BCUT2D eigenvalue weighted by Gasteiger charge is 2.46. The summed E-state index contributed by atoms with van der Waals surface area (Å²) in [6, 6.07) is -1.58. The van der Waals surface area contributed by atoms with Crippen LogP contribution in [0.3, 0.4) is 0 Å². The van der Waals surface area contributed by atoms with Crippen LogP contribution in [-0.2, 0) is 0 Å². The van der Waals surface area contributed by atoms with Crippen LogP contribution in [0.1, 0.15) is 6.42 Å². The molecule has 6 heteroatoms. The first-order valence-electron chi connectivity index (χ1n) is 3.60. The van der Waals surface area contributed by atoms with Crippen molar-refractivity contribution in [3.05, 3.63) is 0 Å². The van der Waals surface area contributed by atoms with Gasteiger partial charge in [0.2, 0.25) is 0 Å². The SMILES string of the molecule is NNC1C(F)C(F)CC(F)C1F. The Hall–Kier alpha value is -0.360. The Labute approximate surface area is 67.1 Å². The lowest BCUT2D eigenvalue weighted by Gasteiger charge is -2.33. The molecule has 1 saturated carbocycles. The van der Waals surface area contributed by atoms with Crippen LogP contribution >= 0.6 is 0 Å². The first kappa shape index (κ1) is 9.73. The van der Waals surface area contributed by atoms with Crippen LogP contribution in [0.25, 0.3) is 0 Å². The number of hydrazine groups is 1. The zero-order chi connectivity index (χ0) is 9.30. The highest BCUT2D eigenvalue weighted by atomic mass is 19.2. The first-order chi connectivity index (χ1) is 5.57. The Morgan fingerprint density at radius 1 is 1.00 bits per heavy atom. The summed E-state index contributed by atoms with van der Waals surface area (Å²) in [6.45, 7) is 0. The molecular formula is C6H10F4N2. The van der Waals surface area contributed by atoms with Gasteiger partial charge in [0.05, 0.1) is 6.04 Å². The number of hydrogen-bond acceptors (Lipinski definition) is 2. The Bertz CT molecular complexity index is 142. The van der Waals surface area contributed by atoms with Crippen LogP contribution in [0.15, 0.2) is 0 Å². The second-order valence-electron chi connectivity index (χ2n) is 2.85. The van der Waals surface area contributed by atoms with E-state index in [1.54, 1.807) is 5.43 Å². The van der Waals surface area contributed by atoms with Crippen molar-refractivity contribution in [2.24, 2.45) is 5.84 Å². The quantitative estimate of drug-likeness (QED) is 0.357. The van der Waals surface area contributed by atoms with Gasteiger partial charge in [-0.15, -0.1) is 0 Å². The molecule has 0 radical (unpaired) electrons. The molecule has 0 saturated heterocycles. The van der Waals surface area contributed by atoms with Crippen molar-refractivity contribution in [2.75, 3.05) is 0 Å². The average molecular weight is 186 g/mol. The Morgan fingerprint density at radius 3 is 1.75 bits per heavy atom. The average Bonchev–Trinajstić information content (AvgIpc) is 2.02. The van der Waals surface area contributed by atoms with Crippen LogP contribution in [0, 0.1) is 0 Å². The smallest absolute Gasteiger partial charge is 0.151 e. The third kappa shape index (κ3) is 1.54. The van der Waals surface area contributed by atoms with Gasteiger partial charge < -0.3 is 0 Å². The van der Waals surface area contributed by atoms with E-state index in [9.17, 15) is 17.6 Å². The zero-order valence-electron chi connectivity index (χ0n) is 6.18. The number of halogens is 4. The molecule has 0 aromatic rings. The van der Waals surface area contributed by atoms with Crippen molar-refractivity contribution < 1.29 is 17.6 Å². The predicted octanol–water partition coefficient (Wildman–Crippen LogP) is 0.574. The molecule has 2 nitrogen and oxygen atoms in total. The van der Waals surface area contributed by atoms with Crippen LogP contribution in [-0.4, -0.2) is 30.7 Å². The lowest BCUT2D eigenvalue weighted by molar-refractivity contribution is -0.0154. The fourth-order valence-electron chi connectivity index (χ4n) is 1.28. The third-order valence-electron chi connectivity index (χ3n) is 2.02. The second kappa shape index (κ2) is 3.57. The van der Waals surface area contributed by atoms with Crippen molar-refractivity contribution in [3.8, 4) is 0 Å². The van der Waals surface area contributed by atoms with Crippen molar-refractivity contribution in [3.63, 3.8) is 0 Å². The van der Waals surface area contributed by atoms with Gasteiger partial charge in [-0.05, 0) is 0 Å². The summed E-state index contributed by atoms with van der Waals surface area (Å²) in [5.74, 6) is 4.75. The van der Waals surface area contributed by atoms with Crippen LogP contribution in [0.5, 0.6) is 0 Å². The first-order valence-corrected chi connectivity index (χ1v) is 3.60. The van der Waals surface area contributed by atoms with E-state index >= 15 is 0 Å². The summed E-state index contributed by atoms with van der Waals surface area (Å²) in [5.41, 5.74) is 1.73. The molecule has 12 heavy (non-hydrogen) atoms.